The standard InChI is InChI=1S/C18H27N3O/c1-18(2)15-7-6-14(16(18)13-15)8-10-19-17(22)5-3-11-21-12-4-9-20-21/h4,6,9,12,15-16H,3,5,7-8,10-11,13H2,1-2H3,(H,19,22)/t15-,16-/m0/s1. The van der Waals surface area contributed by atoms with Crippen molar-refractivity contribution in [3.8, 4) is 0 Å². The van der Waals surface area contributed by atoms with E-state index in [2.05, 4.69) is 30.3 Å². The third kappa shape index (κ3) is 3.11. The van der Waals surface area contributed by atoms with Crippen LogP contribution in [0.5, 0.6) is 0 Å². The minimum Gasteiger partial charge on any atom is -0.356 e. The monoisotopic (exact) mass is 301 g/mol. The molecule has 1 aromatic heterocycles. The van der Waals surface area contributed by atoms with Crippen LogP contribution in [0.25, 0.3) is 0 Å². The van der Waals surface area contributed by atoms with E-state index in [0.29, 0.717) is 11.8 Å². The molecular formula is C18H27N3O. The molecule has 0 unspecified atom stereocenters. The summed E-state index contributed by atoms with van der Waals surface area (Å²) in [6.45, 7) is 6.38. The highest BCUT2D eigenvalue weighted by Gasteiger charge is 2.50. The summed E-state index contributed by atoms with van der Waals surface area (Å²) in [5, 5.41) is 7.21. The van der Waals surface area contributed by atoms with E-state index in [1.54, 1.807) is 11.8 Å². The van der Waals surface area contributed by atoms with Crippen LogP contribution in [0.15, 0.2) is 30.1 Å². The maximum absolute atomic E-state index is 11.9. The second-order valence-electron chi connectivity index (χ2n) is 7.29. The third-order valence-corrected chi connectivity index (χ3v) is 5.67. The van der Waals surface area contributed by atoms with E-state index in [9.17, 15) is 4.79 Å². The Labute approximate surface area is 133 Å². The third-order valence-electron chi connectivity index (χ3n) is 5.67. The Kier molecular flexibility index (Phi) is 4.37. The first-order chi connectivity index (χ1) is 10.6. The molecule has 2 bridgehead atoms. The minimum absolute atomic E-state index is 0.161. The van der Waals surface area contributed by atoms with Crippen LogP contribution in [0.3, 0.4) is 0 Å². The number of allylic oxidation sites excluding steroid dienone is 1. The van der Waals surface area contributed by atoms with Gasteiger partial charge in [-0.25, -0.2) is 0 Å². The summed E-state index contributed by atoms with van der Waals surface area (Å²) >= 11 is 0. The summed E-state index contributed by atoms with van der Waals surface area (Å²) in [6, 6.07) is 1.91. The van der Waals surface area contributed by atoms with Crippen molar-refractivity contribution in [1.82, 2.24) is 15.1 Å². The molecule has 3 aliphatic rings. The van der Waals surface area contributed by atoms with Crippen LogP contribution in [0.1, 0.15) is 46.0 Å². The van der Waals surface area contributed by atoms with Gasteiger partial charge in [-0.05, 0) is 49.0 Å². The molecule has 4 rings (SSSR count). The smallest absolute Gasteiger partial charge is 0.220 e. The number of aryl methyl sites for hydroxylation is 1. The number of carbonyl (C=O) groups excluding carboxylic acids is 1. The normalized spacial score (nSPS) is 25.3. The van der Waals surface area contributed by atoms with Crippen LogP contribution < -0.4 is 5.32 Å². The maximum atomic E-state index is 11.9. The number of rotatable bonds is 7. The van der Waals surface area contributed by atoms with Crippen molar-refractivity contribution in [3.05, 3.63) is 30.1 Å². The van der Waals surface area contributed by atoms with E-state index in [-0.39, 0.29) is 5.91 Å². The average Bonchev–Trinajstić information content (AvgIpc) is 3.00. The summed E-state index contributed by atoms with van der Waals surface area (Å²) in [5.74, 6) is 1.80. The Bertz CT molecular complexity index is 545. The van der Waals surface area contributed by atoms with Gasteiger partial charge in [0.1, 0.15) is 0 Å². The topological polar surface area (TPSA) is 46.9 Å². The van der Waals surface area contributed by atoms with Gasteiger partial charge < -0.3 is 5.32 Å². The van der Waals surface area contributed by atoms with Crippen molar-refractivity contribution in [1.29, 1.82) is 0 Å². The van der Waals surface area contributed by atoms with Crippen LogP contribution in [-0.2, 0) is 11.3 Å². The summed E-state index contributed by atoms with van der Waals surface area (Å²) in [6.07, 6.45) is 11.2. The predicted octanol–water partition coefficient (Wildman–Crippen LogP) is 3.16. The van der Waals surface area contributed by atoms with Gasteiger partial charge in [0, 0.05) is 31.9 Å². The molecule has 0 radical (unpaired) electrons. The van der Waals surface area contributed by atoms with Gasteiger partial charge in [0.25, 0.3) is 0 Å². The fourth-order valence-electron chi connectivity index (χ4n) is 4.03. The number of amides is 1. The van der Waals surface area contributed by atoms with E-state index in [1.165, 1.54) is 12.8 Å². The molecule has 0 saturated heterocycles. The highest BCUT2D eigenvalue weighted by molar-refractivity contribution is 5.75. The second-order valence-corrected chi connectivity index (χ2v) is 7.29. The van der Waals surface area contributed by atoms with Crippen molar-refractivity contribution < 1.29 is 4.79 Å². The number of aromatic nitrogens is 2. The molecule has 4 nitrogen and oxygen atoms in total. The number of carbonyl (C=O) groups is 1. The first-order valence-electron chi connectivity index (χ1n) is 8.50. The van der Waals surface area contributed by atoms with Crippen molar-refractivity contribution in [2.45, 2.75) is 52.5 Å². The number of nitrogens with one attached hydrogen (secondary N) is 1. The number of hydrogen-bond donors (Lipinski definition) is 1. The molecule has 0 aromatic carbocycles. The van der Waals surface area contributed by atoms with Crippen LogP contribution >= 0.6 is 0 Å². The molecule has 120 valence electrons. The predicted molar refractivity (Wildman–Crippen MR) is 87.2 cm³/mol. The van der Waals surface area contributed by atoms with Gasteiger partial charge in [0.15, 0.2) is 0 Å². The lowest BCUT2D eigenvalue weighted by Gasteiger charge is -2.56. The number of fused-ring (bicyclic) bond motifs is 1. The summed E-state index contributed by atoms with van der Waals surface area (Å²) in [4.78, 5) is 11.9. The van der Waals surface area contributed by atoms with Crippen molar-refractivity contribution in [2.75, 3.05) is 6.54 Å². The Balaban J connectivity index is 1.33. The lowest BCUT2D eigenvalue weighted by molar-refractivity contribution is -0.121. The molecule has 3 aliphatic carbocycles. The molecule has 1 N–H and O–H groups in total. The Morgan fingerprint density at radius 2 is 2.36 bits per heavy atom. The number of nitrogens with zero attached hydrogens (tertiary/aromatic N) is 2. The van der Waals surface area contributed by atoms with Gasteiger partial charge in [0.05, 0.1) is 0 Å². The molecule has 2 atom stereocenters. The fourth-order valence-corrected chi connectivity index (χ4v) is 4.03. The largest absolute Gasteiger partial charge is 0.356 e. The van der Waals surface area contributed by atoms with Gasteiger partial charge in [-0.3, -0.25) is 9.48 Å². The van der Waals surface area contributed by atoms with Gasteiger partial charge in [-0.2, -0.15) is 5.10 Å². The van der Waals surface area contributed by atoms with E-state index in [1.807, 2.05) is 16.9 Å². The zero-order valence-electron chi connectivity index (χ0n) is 13.7. The van der Waals surface area contributed by atoms with Crippen molar-refractivity contribution >= 4 is 5.91 Å². The zero-order valence-corrected chi connectivity index (χ0v) is 13.7. The molecule has 0 spiro atoms. The van der Waals surface area contributed by atoms with Crippen LogP contribution in [0.4, 0.5) is 0 Å². The zero-order chi connectivity index (χ0) is 15.6. The average molecular weight is 301 g/mol. The van der Waals surface area contributed by atoms with E-state index in [4.69, 9.17) is 0 Å². The molecule has 1 fully saturated rings. The quantitative estimate of drug-likeness (QED) is 0.786. The highest BCUT2D eigenvalue weighted by atomic mass is 16.1. The van der Waals surface area contributed by atoms with Gasteiger partial charge in [-0.1, -0.05) is 25.5 Å². The summed E-state index contributed by atoms with van der Waals surface area (Å²) < 4.78 is 1.87. The number of hydrogen-bond acceptors (Lipinski definition) is 2. The molecule has 1 heterocycles. The summed E-state index contributed by atoms with van der Waals surface area (Å²) in [5.41, 5.74) is 2.06. The Hall–Kier alpha value is -1.58. The second kappa shape index (κ2) is 6.27. The first kappa shape index (κ1) is 15.3. The fraction of sp³-hybridized carbons (Fsp3) is 0.667. The Morgan fingerprint density at radius 1 is 1.50 bits per heavy atom. The van der Waals surface area contributed by atoms with E-state index in [0.717, 1.165) is 37.8 Å². The lowest BCUT2D eigenvalue weighted by Crippen LogP contribution is -2.48. The van der Waals surface area contributed by atoms with Crippen molar-refractivity contribution in [3.63, 3.8) is 0 Å². The molecule has 4 heteroatoms. The molecule has 1 saturated carbocycles. The molecule has 1 amide bonds. The molecular weight excluding hydrogens is 274 g/mol. The van der Waals surface area contributed by atoms with Crippen LogP contribution in [0.2, 0.25) is 0 Å². The molecule has 0 aliphatic heterocycles. The molecule has 22 heavy (non-hydrogen) atoms. The molecule has 1 aromatic rings. The Morgan fingerprint density at radius 3 is 3.05 bits per heavy atom. The maximum Gasteiger partial charge on any atom is 0.220 e. The van der Waals surface area contributed by atoms with Crippen LogP contribution in [-0.4, -0.2) is 22.2 Å². The van der Waals surface area contributed by atoms with E-state index >= 15 is 0 Å². The van der Waals surface area contributed by atoms with Gasteiger partial charge >= 0.3 is 0 Å². The minimum atomic E-state index is 0.161. The SMILES string of the molecule is CC1(C)[C@H]2CC=C(CCNC(=O)CCCn3cccn3)[C@@H]1C2. The van der Waals surface area contributed by atoms with Gasteiger partial charge in [0.2, 0.25) is 5.91 Å². The highest BCUT2D eigenvalue weighted by Crippen LogP contribution is 2.59. The van der Waals surface area contributed by atoms with E-state index < -0.39 is 0 Å². The van der Waals surface area contributed by atoms with Gasteiger partial charge in [-0.15, -0.1) is 0 Å². The summed E-state index contributed by atoms with van der Waals surface area (Å²) in [7, 11) is 0. The van der Waals surface area contributed by atoms with Crippen LogP contribution in [0, 0.1) is 17.3 Å². The van der Waals surface area contributed by atoms with Crippen molar-refractivity contribution in [2.24, 2.45) is 17.3 Å². The lowest BCUT2D eigenvalue weighted by atomic mass is 9.48. The first-order valence-corrected chi connectivity index (χ1v) is 8.50.